The summed E-state index contributed by atoms with van der Waals surface area (Å²) < 4.78 is 1.69. The number of nitrogens with zero attached hydrogens (tertiary/aromatic N) is 4. The molecule has 1 aromatic carbocycles. The molecule has 0 unspecified atom stereocenters. The fourth-order valence-corrected chi connectivity index (χ4v) is 1.80. The van der Waals surface area contributed by atoms with Crippen LogP contribution in [0.5, 0.6) is 5.75 Å². The van der Waals surface area contributed by atoms with Gasteiger partial charge in [0.15, 0.2) is 11.5 Å². The molecule has 0 fully saturated rings. The van der Waals surface area contributed by atoms with Crippen molar-refractivity contribution >= 4 is 5.65 Å². The average Bonchev–Trinajstić information content (AvgIpc) is 2.82. The van der Waals surface area contributed by atoms with Crippen molar-refractivity contribution < 1.29 is 5.11 Å². The zero-order chi connectivity index (χ0) is 12.5. The molecule has 2 aromatic heterocycles. The first-order valence-electron chi connectivity index (χ1n) is 5.33. The Morgan fingerprint density at radius 3 is 2.72 bits per heavy atom. The molecule has 0 amide bonds. The molecule has 3 rings (SSSR count). The van der Waals surface area contributed by atoms with Crippen LogP contribution in [0.3, 0.4) is 0 Å². The number of aromatic nitrogens is 3. The van der Waals surface area contributed by atoms with Crippen LogP contribution in [0.1, 0.15) is 5.56 Å². The fourth-order valence-electron chi connectivity index (χ4n) is 1.80. The lowest BCUT2D eigenvalue weighted by Crippen LogP contribution is -1.91. The molecule has 18 heavy (non-hydrogen) atoms. The highest BCUT2D eigenvalue weighted by Crippen LogP contribution is 2.27. The Kier molecular flexibility index (Phi) is 2.21. The number of hydrogen-bond acceptors (Lipinski definition) is 4. The van der Waals surface area contributed by atoms with Crippen LogP contribution in [-0.4, -0.2) is 19.7 Å². The van der Waals surface area contributed by atoms with Crippen molar-refractivity contribution in [2.24, 2.45) is 0 Å². The topological polar surface area (TPSA) is 74.2 Å². The van der Waals surface area contributed by atoms with Gasteiger partial charge in [-0.1, -0.05) is 12.1 Å². The molecule has 0 saturated carbocycles. The van der Waals surface area contributed by atoms with Gasteiger partial charge in [0.1, 0.15) is 11.8 Å². The van der Waals surface area contributed by atoms with Gasteiger partial charge in [-0.15, -0.1) is 10.2 Å². The number of fused-ring (bicyclic) bond motifs is 1. The van der Waals surface area contributed by atoms with E-state index in [4.69, 9.17) is 5.26 Å². The van der Waals surface area contributed by atoms with E-state index >= 15 is 0 Å². The van der Waals surface area contributed by atoms with Gasteiger partial charge in [0.25, 0.3) is 0 Å². The van der Waals surface area contributed by atoms with Gasteiger partial charge in [0, 0.05) is 6.20 Å². The lowest BCUT2D eigenvalue weighted by atomic mass is 10.2. The van der Waals surface area contributed by atoms with Crippen LogP contribution in [-0.2, 0) is 0 Å². The largest absolute Gasteiger partial charge is 0.507 e. The molecule has 86 valence electrons. The van der Waals surface area contributed by atoms with Gasteiger partial charge < -0.3 is 5.11 Å². The predicted octanol–water partition coefficient (Wildman–Crippen LogP) is 1.97. The van der Waals surface area contributed by atoms with E-state index in [0.29, 0.717) is 22.6 Å². The third-order valence-electron chi connectivity index (χ3n) is 2.68. The van der Waals surface area contributed by atoms with Crippen molar-refractivity contribution in [3.63, 3.8) is 0 Å². The maximum atomic E-state index is 9.82. The summed E-state index contributed by atoms with van der Waals surface area (Å²) in [5.74, 6) is 0.648. The Labute approximate surface area is 103 Å². The molecule has 0 spiro atoms. The van der Waals surface area contributed by atoms with Crippen LogP contribution in [0.25, 0.3) is 17.0 Å². The fraction of sp³-hybridized carbons (Fsp3) is 0. The van der Waals surface area contributed by atoms with E-state index in [9.17, 15) is 5.11 Å². The highest BCUT2D eigenvalue weighted by Gasteiger charge is 2.11. The number of benzene rings is 1. The molecule has 0 radical (unpaired) electrons. The van der Waals surface area contributed by atoms with Crippen LogP contribution in [0.15, 0.2) is 42.6 Å². The summed E-state index contributed by atoms with van der Waals surface area (Å²) in [6, 6.07) is 12.4. The van der Waals surface area contributed by atoms with E-state index in [1.165, 1.54) is 0 Å². The Morgan fingerprint density at radius 1 is 1.11 bits per heavy atom. The second-order valence-electron chi connectivity index (χ2n) is 3.80. The first-order valence-corrected chi connectivity index (χ1v) is 5.33. The van der Waals surface area contributed by atoms with E-state index in [2.05, 4.69) is 16.3 Å². The van der Waals surface area contributed by atoms with Gasteiger partial charge in [-0.25, -0.2) is 0 Å². The van der Waals surface area contributed by atoms with Crippen LogP contribution in [0.2, 0.25) is 0 Å². The summed E-state index contributed by atoms with van der Waals surface area (Å²) in [7, 11) is 0. The first-order chi connectivity index (χ1) is 8.79. The number of pyridine rings is 1. The second kappa shape index (κ2) is 3.86. The van der Waals surface area contributed by atoms with E-state index in [1.807, 2.05) is 6.07 Å². The summed E-state index contributed by atoms with van der Waals surface area (Å²) >= 11 is 0. The van der Waals surface area contributed by atoms with Gasteiger partial charge in [-0.3, -0.25) is 4.40 Å². The van der Waals surface area contributed by atoms with Crippen LogP contribution >= 0.6 is 0 Å². The maximum Gasteiger partial charge on any atom is 0.172 e. The van der Waals surface area contributed by atoms with Crippen molar-refractivity contribution in [2.45, 2.75) is 0 Å². The monoisotopic (exact) mass is 236 g/mol. The molecule has 0 aliphatic carbocycles. The zero-order valence-corrected chi connectivity index (χ0v) is 9.28. The summed E-state index contributed by atoms with van der Waals surface area (Å²) in [5.41, 5.74) is 1.73. The molecule has 0 aliphatic rings. The third kappa shape index (κ3) is 1.48. The first kappa shape index (κ1) is 10.3. The minimum atomic E-state index is 0.133. The van der Waals surface area contributed by atoms with E-state index in [1.54, 1.807) is 40.9 Å². The average molecular weight is 236 g/mol. The molecule has 0 bridgehead atoms. The van der Waals surface area contributed by atoms with E-state index in [0.717, 1.165) is 0 Å². The molecule has 0 saturated heterocycles. The molecule has 3 aromatic rings. The normalized spacial score (nSPS) is 10.4. The number of para-hydroxylation sites is 1. The van der Waals surface area contributed by atoms with Crippen molar-refractivity contribution in [3.05, 3.63) is 48.2 Å². The number of aromatic hydroxyl groups is 1. The van der Waals surface area contributed by atoms with Gasteiger partial charge in [-0.2, -0.15) is 5.26 Å². The summed E-state index contributed by atoms with van der Waals surface area (Å²) in [6.07, 6.45) is 1.65. The van der Waals surface area contributed by atoms with Gasteiger partial charge >= 0.3 is 0 Å². The molecule has 1 N–H and O–H groups in total. The van der Waals surface area contributed by atoms with Crippen molar-refractivity contribution in [2.75, 3.05) is 0 Å². The number of phenols is 1. The molecule has 0 atom stereocenters. The summed E-state index contributed by atoms with van der Waals surface area (Å²) in [4.78, 5) is 0. The molecule has 0 aliphatic heterocycles. The quantitative estimate of drug-likeness (QED) is 0.701. The molecule has 2 heterocycles. The third-order valence-corrected chi connectivity index (χ3v) is 2.68. The van der Waals surface area contributed by atoms with Crippen molar-refractivity contribution in [1.29, 1.82) is 5.26 Å². The minimum Gasteiger partial charge on any atom is -0.507 e. The van der Waals surface area contributed by atoms with Gasteiger partial charge in [0.2, 0.25) is 0 Å². The minimum absolute atomic E-state index is 0.133. The molecular weight excluding hydrogens is 228 g/mol. The van der Waals surface area contributed by atoms with E-state index < -0.39 is 0 Å². The zero-order valence-electron chi connectivity index (χ0n) is 9.28. The highest BCUT2D eigenvalue weighted by molar-refractivity contribution is 5.66. The smallest absolute Gasteiger partial charge is 0.172 e. The standard InChI is InChI=1S/C13H8N4O/c14-7-9-5-6-12-15-16-13(17(12)8-9)10-3-1-2-4-11(10)18/h1-6,8,18H. The van der Waals surface area contributed by atoms with E-state index in [-0.39, 0.29) is 5.75 Å². The highest BCUT2D eigenvalue weighted by atomic mass is 16.3. The second-order valence-corrected chi connectivity index (χ2v) is 3.80. The number of phenolic OH excluding ortho intramolecular Hbond substituents is 1. The molecular formula is C13H8N4O. The van der Waals surface area contributed by atoms with Crippen molar-refractivity contribution in [3.8, 4) is 23.2 Å². The Bertz CT molecular complexity index is 770. The van der Waals surface area contributed by atoms with Crippen LogP contribution in [0, 0.1) is 11.3 Å². The van der Waals surface area contributed by atoms with Gasteiger partial charge in [-0.05, 0) is 24.3 Å². The SMILES string of the molecule is N#Cc1ccc2nnc(-c3ccccc3O)n2c1. The number of nitriles is 1. The van der Waals surface area contributed by atoms with Crippen LogP contribution < -0.4 is 0 Å². The lowest BCUT2D eigenvalue weighted by molar-refractivity contribution is 0.477. The van der Waals surface area contributed by atoms with Gasteiger partial charge in [0.05, 0.1) is 11.1 Å². The molecule has 5 nitrogen and oxygen atoms in total. The lowest BCUT2D eigenvalue weighted by Gasteiger charge is -2.02. The summed E-state index contributed by atoms with van der Waals surface area (Å²) in [6.45, 7) is 0. The number of rotatable bonds is 1. The predicted molar refractivity (Wildman–Crippen MR) is 64.8 cm³/mol. The van der Waals surface area contributed by atoms with Crippen LogP contribution in [0.4, 0.5) is 0 Å². The maximum absolute atomic E-state index is 9.82. The Hall–Kier alpha value is -2.87. The molecule has 5 heteroatoms. The summed E-state index contributed by atoms with van der Waals surface area (Å²) in [5, 5.41) is 26.8. The number of hydrogen-bond donors (Lipinski definition) is 1. The Balaban J connectivity index is 2.31. The Morgan fingerprint density at radius 2 is 1.94 bits per heavy atom. The van der Waals surface area contributed by atoms with Crippen molar-refractivity contribution in [1.82, 2.24) is 14.6 Å².